The minimum Gasteiger partial charge on any atom is -0.298 e. The number of fused-ring (bicyclic) bond motifs is 18. The van der Waals surface area contributed by atoms with Crippen LogP contribution in [-0.2, 0) is 15.6 Å². The average molecular weight is 437 g/mol. The van der Waals surface area contributed by atoms with Crippen LogP contribution in [0.2, 0.25) is 0 Å². The third kappa shape index (κ3) is 1.80. The Hall–Kier alpha value is -3.71. The number of rotatable bonds is 0. The highest BCUT2D eigenvalue weighted by molar-refractivity contribution is 6.21. The lowest BCUT2D eigenvalue weighted by Crippen LogP contribution is -2.36. The highest BCUT2D eigenvalue weighted by Gasteiger charge is 2.73. The van der Waals surface area contributed by atoms with E-state index in [-0.39, 0.29) is 11.8 Å². The van der Waals surface area contributed by atoms with Crippen molar-refractivity contribution in [2.24, 2.45) is 0 Å². The van der Waals surface area contributed by atoms with Gasteiger partial charge in [-0.15, -0.1) is 0 Å². The first kappa shape index (κ1) is 18.7. The molecular formula is C33H24O. The predicted molar refractivity (Wildman–Crippen MR) is 139 cm³/mol. The molecule has 3 aliphatic carbocycles. The molecule has 162 valence electrons. The number of carbonyl (C=O) groups is 1. The van der Waals surface area contributed by atoms with Gasteiger partial charge in [0, 0.05) is 11.8 Å². The van der Waals surface area contributed by atoms with E-state index in [2.05, 4.69) is 111 Å². The van der Waals surface area contributed by atoms with Crippen molar-refractivity contribution in [2.75, 3.05) is 0 Å². The monoisotopic (exact) mass is 436 g/mol. The first-order valence-electron chi connectivity index (χ1n) is 12.3. The third-order valence-corrected chi connectivity index (χ3v) is 9.37. The quantitative estimate of drug-likeness (QED) is 0.228. The molecule has 5 aromatic rings. The van der Waals surface area contributed by atoms with Gasteiger partial charge in [-0.1, -0.05) is 97.1 Å². The molecule has 0 N–H and O–H groups in total. The molecule has 0 aromatic heterocycles. The SMILES string of the molecule is C[C@]12C(=O)[C@](C)(c3c1c1ccccc1c1ccccc31)[C@H]1c3ccccc3-c3ccccc3[C@H]12. The molecule has 34 heavy (non-hydrogen) atoms. The Morgan fingerprint density at radius 3 is 1.29 bits per heavy atom. The van der Waals surface area contributed by atoms with Crippen LogP contribution in [0.15, 0.2) is 97.1 Å². The van der Waals surface area contributed by atoms with E-state index in [0.29, 0.717) is 5.78 Å². The van der Waals surface area contributed by atoms with Crippen molar-refractivity contribution in [3.05, 3.63) is 119 Å². The Morgan fingerprint density at radius 2 is 0.853 bits per heavy atom. The smallest absolute Gasteiger partial charge is 0.154 e. The summed E-state index contributed by atoms with van der Waals surface area (Å²) >= 11 is 0. The van der Waals surface area contributed by atoms with Crippen molar-refractivity contribution in [1.82, 2.24) is 0 Å². The fraction of sp³-hybridized carbons (Fsp3) is 0.182. The first-order chi connectivity index (χ1) is 16.6. The van der Waals surface area contributed by atoms with Crippen LogP contribution in [0.3, 0.4) is 0 Å². The van der Waals surface area contributed by atoms with E-state index in [4.69, 9.17) is 0 Å². The molecule has 1 fully saturated rings. The molecule has 4 atom stereocenters. The summed E-state index contributed by atoms with van der Waals surface area (Å²) in [5.74, 6) is 0.652. The summed E-state index contributed by atoms with van der Waals surface area (Å²) in [6, 6.07) is 35.0. The minimum absolute atomic E-state index is 0.133. The summed E-state index contributed by atoms with van der Waals surface area (Å²) in [6.07, 6.45) is 0. The van der Waals surface area contributed by atoms with Crippen LogP contribution < -0.4 is 0 Å². The van der Waals surface area contributed by atoms with Crippen LogP contribution in [0.4, 0.5) is 0 Å². The van der Waals surface area contributed by atoms with Crippen molar-refractivity contribution < 1.29 is 4.79 Å². The normalized spacial score (nSPS) is 28.0. The summed E-state index contributed by atoms with van der Waals surface area (Å²) < 4.78 is 0. The maximum atomic E-state index is 14.7. The van der Waals surface area contributed by atoms with Gasteiger partial charge in [0.2, 0.25) is 0 Å². The molecule has 1 nitrogen and oxygen atoms in total. The molecule has 8 rings (SSSR count). The van der Waals surface area contributed by atoms with E-state index in [0.717, 1.165) is 0 Å². The molecule has 0 aliphatic heterocycles. The number of hydrogen-bond donors (Lipinski definition) is 0. The zero-order valence-corrected chi connectivity index (χ0v) is 19.3. The Kier molecular flexibility index (Phi) is 3.22. The zero-order valence-electron chi connectivity index (χ0n) is 19.3. The van der Waals surface area contributed by atoms with Crippen molar-refractivity contribution in [3.8, 4) is 11.1 Å². The zero-order chi connectivity index (χ0) is 22.8. The summed E-state index contributed by atoms with van der Waals surface area (Å²) in [5, 5.41) is 4.99. The largest absolute Gasteiger partial charge is 0.298 e. The Bertz CT molecular complexity index is 1600. The topological polar surface area (TPSA) is 17.1 Å². The second kappa shape index (κ2) is 5.85. The summed E-state index contributed by atoms with van der Waals surface area (Å²) in [7, 11) is 0. The maximum Gasteiger partial charge on any atom is 0.154 e. The van der Waals surface area contributed by atoms with E-state index in [1.165, 1.54) is 54.9 Å². The Balaban J connectivity index is 1.61. The molecule has 1 saturated carbocycles. The lowest BCUT2D eigenvalue weighted by Gasteiger charge is -2.45. The van der Waals surface area contributed by atoms with Crippen molar-refractivity contribution in [2.45, 2.75) is 36.5 Å². The van der Waals surface area contributed by atoms with Gasteiger partial charge in [-0.25, -0.2) is 0 Å². The lowest BCUT2D eigenvalue weighted by molar-refractivity contribution is -0.124. The van der Waals surface area contributed by atoms with Gasteiger partial charge in [-0.3, -0.25) is 4.79 Å². The van der Waals surface area contributed by atoms with Gasteiger partial charge in [-0.05, 0) is 68.8 Å². The molecule has 3 aliphatic rings. The van der Waals surface area contributed by atoms with Crippen LogP contribution >= 0.6 is 0 Å². The van der Waals surface area contributed by atoms with Crippen LogP contribution in [0, 0.1) is 0 Å². The average Bonchev–Trinajstić information content (AvgIpc) is 3.19. The minimum atomic E-state index is -0.567. The second-order valence-electron chi connectivity index (χ2n) is 10.7. The van der Waals surface area contributed by atoms with Gasteiger partial charge < -0.3 is 0 Å². The molecule has 2 bridgehead atoms. The summed E-state index contributed by atoms with van der Waals surface area (Å²) in [5.41, 5.74) is 6.63. The van der Waals surface area contributed by atoms with Crippen LogP contribution in [-0.4, -0.2) is 5.78 Å². The molecule has 0 saturated heterocycles. The Morgan fingerprint density at radius 1 is 0.500 bits per heavy atom. The third-order valence-electron chi connectivity index (χ3n) is 9.37. The molecule has 0 amide bonds. The number of carbonyl (C=O) groups excluding carboxylic acids is 1. The highest BCUT2D eigenvalue weighted by atomic mass is 16.1. The van der Waals surface area contributed by atoms with Crippen LogP contribution in [0.25, 0.3) is 32.7 Å². The second-order valence-corrected chi connectivity index (χ2v) is 10.7. The molecule has 1 heteroatoms. The Labute approximate surface area is 199 Å². The van der Waals surface area contributed by atoms with E-state index in [1.54, 1.807) is 0 Å². The molecular weight excluding hydrogens is 412 g/mol. The fourth-order valence-corrected chi connectivity index (χ4v) is 8.25. The summed E-state index contributed by atoms with van der Waals surface area (Å²) in [4.78, 5) is 14.7. The van der Waals surface area contributed by atoms with Crippen LogP contribution in [0.1, 0.15) is 47.9 Å². The van der Waals surface area contributed by atoms with E-state index >= 15 is 0 Å². The lowest BCUT2D eigenvalue weighted by atomic mass is 9.56. The molecule has 0 radical (unpaired) electrons. The van der Waals surface area contributed by atoms with Crippen molar-refractivity contribution in [3.63, 3.8) is 0 Å². The number of hydrogen-bond acceptors (Lipinski definition) is 1. The number of Topliss-reactive ketones (excluding diaryl/α,β-unsaturated/α-hetero) is 1. The maximum absolute atomic E-state index is 14.7. The standard InChI is InChI=1S/C33H24O/c1-32-27-23-15-7-3-11-19(23)21-13-5-9-17-25(21)29(27)33(2,31(32)34)30-26-18-10-6-14-22(26)20-12-4-8-16-24(20)28(30)32/h3-18,27,29H,1-2H3/t27-,29+,32-,33+. The van der Waals surface area contributed by atoms with Gasteiger partial charge in [0.05, 0.1) is 10.8 Å². The van der Waals surface area contributed by atoms with Crippen molar-refractivity contribution in [1.29, 1.82) is 0 Å². The van der Waals surface area contributed by atoms with E-state index in [9.17, 15) is 4.79 Å². The summed E-state index contributed by atoms with van der Waals surface area (Å²) in [6.45, 7) is 4.49. The number of ketones is 1. The van der Waals surface area contributed by atoms with E-state index in [1.807, 2.05) is 0 Å². The first-order valence-corrected chi connectivity index (χ1v) is 12.3. The van der Waals surface area contributed by atoms with Gasteiger partial charge >= 0.3 is 0 Å². The predicted octanol–water partition coefficient (Wildman–Crippen LogP) is 7.65. The number of benzene rings is 5. The van der Waals surface area contributed by atoms with Gasteiger partial charge in [0.1, 0.15) is 0 Å². The molecule has 5 aromatic carbocycles. The van der Waals surface area contributed by atoms with Crippen LogP contribution in [0.5, 0.6) is 0 Å². The van der Waals surface area contributed by atoms with Crippen molar-refractivity contribution >= 4 is 27.3 Å². The van der Waals surface area contributed by atoms with E-state index < -0.39 is 10.8 Å². The highest BCUT2D eigenvalue weighted by Crippen LogP contribution is 2.74. The molecule has 0 heterocycles. The van der Waals surface area contributed by atoms with Gasteiger partial charge in [-0.2, -0.15) is 0 Å². The molecule has 0 unspecified atom stereocenters. The van der Waals surface area contributed by atoms with Gasteiger partial charge in [0.15, 0.2) is 5.78 Å². The fourth-order valence-electron chi connectivity index (χ4n) is 8.25. The molecule has 0 spiro atoms. The van der Waals surface area contributed by atoms with Gasteiger partial charge in [0.25, 0.3) is 0 Å².